The molecule has 2 N–H and O–H groups in total. The van der Waals surface area contributed by atoms with Crippen molar-refractivity contribution in [1.29, 1.82) is 0 Å². The summed E-state index contributed by atoms with van der Waals surface area (Å²) in [4.78, 5) is 4.28. The normalized spacial score (nSPS) is 12.0. The van der Waals surface area contributed by atoms with Crippen molar-refractivity contribution in [3.63, 3.8) is 0 Å². The van der Waals surface area contributed by atoms with Crippen LogP contribution in [-0.2, 0) is 4.74 Å². The first-order valence-corrected chi connectivity index (χ1v) is 7.34. The molecule has 0 bridgehead atoms. The number of fused-ring (bicyclic) bond motifs is 1. The van der Waals surface area contributed by atoms with Crippen molar-refractivity contribution in [3.05, 3.63) is 78.0 Å². The predicted molar refractivity (Wildman–Crippen MR) is 88.3 cm³/mol. The molecule has 21 heavy (non-hydrogen) atoms. The summed E-state index contributed by atoms with van der Waals surface area (Å²) in [7, 11) is 0. The summed E-state index contributed by atoms with van der Waals surface area (Å²) in [6.07, 6.45) is 1.39. The molecule has 0 aliphatic heterocycles. The Balaban J connectivity index is 2.14. The molecule has 1 heterocycles. The van der Waals surface area contributed by atoms with E-state index in [9.17, 15) is 0 Å². The minimum absolute atomic E-state index is 0.583. The average Bonchev–Trinajstić information content (AvgIpc) is 3.00. The Bertz CT molecular complexity index is 806. The fourth-order valence-electron chi connectivity index (χ4n) is 2.12. The molecule has 0 saturated carbocycles. The largest absolute Gasteiger partial charge is 0.463 e. The molecule has 3 aromatic rings. The van der Waals surface area contributed by atoms with Crippen molar-refractivity contribution in [3.8, 4) is 0 Å². The van der Waals surface area contributed by atoms with Crippen LogP contribution in [0.2, 0.25) is 0 Å². The van der Waals surface area contributed by atoms with Crippen LogP contribution >= 0.6 is 11.3 Å². The lowest BCUT2D eigenvalue weighted by Gasteiger charge is -2.11. The lowest BCUT2D eigenvalue weighted by Crippen LogP contribution is -2.02. The quantitative estimate of drug-likeness (QED) is 0.578. The minimum Gasteiger partial charge on any atom is -0.463 e. The Labute approximate surface area is 127 Å². The topological polar surface area (TPSA) is 48.1 Å². The summed E-state index contributed by atoms with van der Waals surface area (Å²) in [5, 5.41) is 0. The molecule has 0 aliphatic carbocycles. The molecule has 4 heteroatoms. The summed E-state index contributed by atoms with van der Waals surface area (Å²) < 4.78 is 6.67. The van der Waals surface area contributed by atoms with E-state index in [2.05, 4.69) is 11.6 Å². The number of ether oxygens (including phenoxy) is 1. The standard InChI is InChI=1S/C17H14N2OS/c1-2-20-17(16(18)12-6-4-3-5-7-12)13-8-9-14-15(10-13)21-11-19-14/h2-11H,1,18H2/b17-16-. The molecule has 3 rings (SSSR count). The summed E-state index contributed by atoms with van der Waals surface area (Å²) in [6, 6.07) is 15.7. The highest BCUT2D eigenvalue weighted by Crippen LogP contribution is 2.28. The Kier molecular flexibility index (Phi) is 3.71. The fourth-order valence-corrected chi connectivity index (χ4v) is 2.83. The zero-order chi connectivity index (χ0) is 14.7. The fraction of sp³-hybridized carbons (Fsp3) is 0. The zero-order valence-electron chi connectivity index (χ0n) is 11.3. The number of hydrogen-bond donors (Lipinski definition) is 1. The van der Waals surface area contributed by atoms with Crippen LogP contribution in [0.1, 0.15) is 11.1 Å². The molecule has 0 amide bonds. The van der Waals surface area contributed by atoms with Gasteiger partial charge in [-0.1, -0.05) is 36.9 Å². The summed E-state index contributed by atoms with van der Waals surface area (Å²) in [6.45, 7) is 3.63. The first-order chi connectivity index (χ1) is 10.3. The van der Waals surface area contributed by atoms with Gasteiger partial charge in [-0.2, -0.15) is 0 Å². The van der Waals surface area contributed by atoms with Crippen LogP contribution in [0.4, 0.5) is 0 Å². The van der Waals surface area contributed by atoms with E-state index < -0.39 is 0 Å². The monoisotopic (exact) mass is 294 g/mol. The SMILES string of the molecule is C=CO/C(=C(\N)c1ccccc1)c1ccc2ncsc2c1. The lowest BCUT2D eigenvalue weighted by molar-refractivity contribution is 0.439. The molecule has 0 atom stereocenters. The third-order valence-corrected chi connectivity index (χ3v) is 3.92. The number of rotatable bonds is 4. The van der Waals surface area contributed by atoms with Crippen molar-refractivity contribution < 1.29 is 4.74 Å². The highest BCUT2D eigenvalue weighted by Gasteiger charge is 2.11. The number of nitrogens with two attached hydrogens (primary N) is 1. The van der Waals surface area contributed by atoms with Gasteiger partial charge >= 0.3 is 0 Å². The third kappa shape index (κ3) is 2.66. The van der Waals surface area contributed by atoms with E-state index in [-0.39, 0.29) is 0 Å². The Morgan fingerprint density at radius 1 is 1.14 bits per heavy atom. The lowest BCUT2D eigenvalue weighted by atomic mass is 10.1. The second kappa shape index (κ2) is 5.81. The second-order valence-corrected chi connectivity index (χ2v) is 5.31. The second-order valence-electron chi connectivity index (χ2n) is 4.43. The maximum atomic E-state index is 6.27. The van der Waals surface area contributed by atoms with Crippen molar-refractivity contribution in [2.75, 3.05) is 0 Å². The number of hydrogen-bond acceptors (Lipinski definition) is 4. The van der Waals surface area contributed by atoms with Crippen molar-refractivity contribution in [2.24, 2.45) is 5.73 Å². The van der Waals surface area contributed by atoms with Crippen LogP contribution in [0.15, 0.2) is 66.9 Å². The van der Waals surface area contributed by atoms with Gasteiger partial charge < -0.3 is 10.5 Å². The van der Waals surface area contributed by atoms with Crippen molar-refractivity contribution in [1.82, 2.24) is 4.98 Å². The van der Waals surface area contributed by atoms with Gasteiger partial charge in [-0.25, -0.2) is 4.98 Å². The van der Waals surface area contributed by atoms with E-state index in [1.807, 2.05) is 54.0 Å². The zero-order valence-corrected chi connectivity index (χ0v) is 12.1. The van der Waals surface area contributed by atoms with E-state index in [1.54, 1.807) is 11.3 Å². The third-order valence-electron chi connectivity index (χ3n) is 3.12. The molecule has 3 nitrogen and oxygen atoms in total. The van der Waals surface area contributed by atoms with Crippen LogP contribution in [0, 0.1) is 0 Å². The van der Waals surface area contributed by atoms with E-state index in [0.717, 1.165) is 21.3 Å². The Morgan fingerprint density at radius 3 is 2.71 bits per heavy atom. The van der Waals surface area contributed by atoms with Crippen LogP contribution in [0.25, 0.3) is 21.7 Å². The van der Waals surface area contributed by atoms with Gasteiger partial charge in [-0.3, -0.25) is 0 Å². The van der Waals surface area contributed by atoms with Crippen molar-refractivity contribution in [2.45, 2.75) is 0 Å². The maximum absolute atomic E-state index is 6.27. The average molecular weight is 294 g/mol. The van der Waals surface area contributed by atoms with Gasteiger partial charge in [-0.15, -0.1) is 11.3 Å². The van der Waals surface area contributed by atoms with Gasteiger partial charge in [0, 0.05) is 11.1 Å². The van der Waals surface area contributed by atoms with E-state index >= 15 is 0 Å². The van der Waals surface area contributed by atoms with E-state index in [1.165, 1.54) is 6.26 Å². The number of nitrogens with zero attached hydrogens (tertiary/aromatic N) is 1. The van der Waals surface area contributed by atoms with Crippen LogP contribution < -0.4 is 5.73 Å². The molecule has 104 valence electrons. The molecule has 0 unspecified atom stereocenters. The van der Waals surface area contributed by atoms with Gasteiger partial charge in [0.2, 0.25) is 0 Å². The molecular formula is C17H14N2OS. The van der Waals surface area contributed by atoms with Gasteiger partial charge in [0.05, 0.1) is 27.7 Å². The number of thiazole rings is 1. The van der Waals surface area contributed by atoms with Crippen LogP contribution in [0.3, 0.4) is 0 Å². The summed E-state index contributed by atoms with van der Waals surface area (Å²) in [5.41, 5.74) is 11.5. The molecule has 0 fully saturated rings. The van der Waals surface area contributed by atoms with Gasteiger partial charge in [0.1, 0.15) is 0 Å². The highest BCUT2D eigenvalue weighted by molar-refractivity contribution is 7.16. The van der Waals surface area contributed by atoms with Crippen LogP contribution in [-0.4, -0.2) is 4.98 Å². The molecule has 0 aliphatic rings. The maximum Gasteiger partial charge on any atom is 0.157 e. The molecule has 0 saturated heterocycles. The number of aromatic nitrogens is 1. The molecule has 2 aromatic carbocycles. The highest BCUT2D eigenvalue weighted by atomic mass is 32.1. The molecule has 1 aromatic heterocycles. The van der Waals surface area contributed by atoms with Crippen molar-refractivity contribution >= 4 is 33.0 Å². The van der Waals surface area contributed by atoms with E-state index in [0.29, 0.717) is 11.5 Å². The van der Waals surface area contributed by atoms with E-state index in [4.69, 9.17) is 10.5 Å². The summed E-state index contributed by atoms with van der Waals surface area (Å²) >= 11 is 1.59. The van der Waals surface area contributed by atoms with Crippen LogP contribution in [0.5, 0.6) is 0 Å². The first-order valence-electron chi connectivity index (χ1n) is 6.46. The Morgan fingerprint density at radius 2 is 1.95 bits per heavy atom. The van der Waals surface area contributed by atoms with Gasteiger partial charge in [0.25, 0.3) is 0 Å². The first kappa shape index (κ1) is 13.4. The smallest absolute Gasteiger partial charge is 0.157 e. The minimum atomic E-state index is 0.583. The molecule has 0 radical (unpaired) electrons. The van der Waals surface area contributed by atoms with Gasteiger partial charge in [-0.05, 0) is 18.2 Å². The van der Waals surface area contributed by atoms with Gasteiger partial charge in [0.15, 0.2) is 5.76 Å². The summed E-state index contributed by atoms with van der Waals surface area (Å²) in [5.74, 6) is 0.603. The Hall–Kier alpha value is -2.59. The number of benzene rings is 2. The molecule has 0 spiro atoms. The predicted octanol–water partition coefficient (Wildman–Crippen LogP) is 4.24. The molecular weight excluding hydrogens is 280 g/mol.